The highest BCUT2D eigenvalue weighted by molar-refractivity contribution is 7.89. The number of nitrogens with zero attached hydrogens (tertiary/aromatic N) is 1. The number of methoxy groups -OCH3 is 2. The Balaban J connectivity index is 2.83. The van der Waals surface area contributed by atoms with Crippen LogP contribution < -0.4 is 14.2 Å². The zero-order valence-electron chi connectivity index (χ0n) is 18.3. The number of hydrogen-bond donors (Lipinski definition) is 1. The second kappa shape index (κ2) is 12.4. The lowest BCUT2D eigenvalue weighted by molar-refractivity contribution is -0.155. The molecule has 0 spiro atoms. The van der Waals surface area contributed by atoms with Gasteiger partial charge in [0.15, 0.2) is 11.5 Å². The Kier molecular flexibility index (Phi) is 10.6. The SMILES string of the molecule is CCCN(C(=O)CCNS(=O)(=O)c1ccc(OC)c(OC)c1)[C@@H](CC)C(=O)OCC. The van der Waals surface area contributed by atoms with Crippen molar-refractivity contribution in [3.63, 3.8) is 0 Å². The van der Waals surface area contributed by atoms with E-state index >= 15 is 0 Å². The largest absolute Gasteiger partial charge is 0.493 e. The van der Waals surface area contributed by atoms with Crippen molar-refractivity contribution < 1.29 is 32.2 Å². The van der Waals surface area contributed by atoms with E-state index in [0.717, 1.165) is 0 Å². The summed E-state index contributed by atoms with van der Waals surface area (Å²) >= 11 is 0. The molecule has 10 heteroatoms. The molecule has 170 valence electrons. The van der Waals surface area contributed by atoms with E-state index in [9.17, 15) is 18.0 Å². The molecule has 1 amide bonds. The minimum atomic E-state index is -3.85. The van der Waals surface area contributed by atoms with Gasteiger partial charge in [-0.05, 0) is 31.9 Å². The third-order valence-corrected chi connectivity index (χ3v) is 5.86. The van der Waals surface area contributed by atoms with Crippen LogP contribution in [-0.2, 0) is 24.3 Å². The van der Waals surface area contributed by atoms with Gasteiger partial charge in [-0.2, -0.15) is 0 Å². The Hall–Kier alpha value is -2.33. The predicted octanol–water partition coefficient (Wildman–Crippen LogP) is 1.95. The molecule has 0 fully saturated rings. The van der Waals surface area contributed by atoms with Crippen molar-refractivity contribution in [1.82, 2.24) is 9.62 Å². The highest BCUT2D eigenvalue weighted by Gasteiger charge is 2.29. The van der Waals surface area contributed by atoms with Crippen LogP contribution in [0.1, 0.15) is 40.0 Å². The molecule has 0 aromatic heterocycles. The molecule has 0 aliphatic rings. The molecule has 1 rings (SSSR count). The van der Waals surface area contributed by atoms with E-state index < -0.39 is 22.0 Å². The molecule has 0 bridgehead atoms. The van der Waals surface area contributed by atoms with Crippen LogP contribution in [0.15, 0.2) is 23.1 Å². The number of nitrogens with one attached hydrogen (secondary N) is 1. The average Bonchev–Trinajstić information content (AvgIpc) is 2.73. The summed E-state index contributed by atoms with van der Waals surface area (Å²) in [6, 6.07) is 3.55. The maximum atomic E-state index is 12.7. The topological polar surface area (TPSA) is 111 Å². The van der Waals surface area contributed by atoms with Gasteiger partial charge in [0.1, 0.15) is 6.04 Å². The van der Waals surface area contributed by atoms with Crippen molar-refractivity contribution in [2.24, 2.45) is 0 Å². The maximum absolute atomic E-state index is 12.7. The van der Waals surface area contributed by atoms with E-state index in [2.05, 4.69) is 4.72 Å². The Morgan fingerprint density at radius 1 is 1.10 bits per heavy atom. The van der Waals surface area contributed by atoms with Crippen molar-refractivity contribution in [1.29, 1.82) is 0 Å². The standard InChI is InChI=1S/C20H32N2O7S/c1-6-13-22(16(7-2)20(24)29-8-3)19(23)11-12-21-30(25,26)15-9-10-17(27-4)18(14-15)28-5/h9-10,14,16,21H,6-8,11-13H2,1-5H3/t16-/m0/s1. The van der Waals surface area contributed by atoms with Crippen LogP contribution >= 0.6 is 0 Å². The van der Waals surface area contributed by atoms with Crippen LogP contribution in [0.5, 0.6) is 11.5 Å². The first-order valence-electron chi connectivity index (χ1n) is 9.93. The van der Waals surface area contributed by atoms with Crippen LogP contribution in [0.25, 0.3) is 0 Å². The van der Waals surface area contributed by atoms with Crippen LogP contribution in [0, 0.1) is 0 Å². The summed E-state index contributed by atoms with van der Waals surface area (Å²) in [6.07, 6.45) is 1.00. The summed E-state index contributed by atoms with van der Waals surface area (Å²) in [5.41, 5.74) is 0. The summed E-state index contributed by atoms with van der Waals surface area (Å²) in [7, 11) is -0.981. The van der Waals surface area contributed by atoms with Gasteiger partial charge in [-0.15, -0.1) is 0 Å². The minimum Gasteiger partial charge on any atom is -0.493 e. The van der Waals surface area contributed by atoms with Crippen molar-refractivity contribution in [3.05, 3.63) is 18.2 Å². The summed E-state index contributed by atoms with van der Waals surface area (Å²) in [4.78, 5) is 26.3. The number of ether oxygens (including phenoxy) is 3. The Morgan fingerprint density at radius 3 is 2.30 bits per heavy atom. The summed E-state index contributed by atoms with van der Waals surface area (Å²) in [6.45, 7) is 5.93. The van der Waals surface area contributed by atoms with Gasteiger partial charge in [-0.3, -0.25) is 4.79 Å². The first-order valence-corrected chi connectivity index (χ1v) is 11.4. The molecule has 0 radical (unpaired) electrons. The number of esters is 1. The van der Waals surface area contributed by atoms with Gasteiger partial charge in [0.05, 0.1) is 25.7 Å². The van der Waals surface area contributed by atoms with Crippen LogP contribution in [-0.4, -0.2) is 65.2 Å². The van der Waals surface area contributed by atoms with E-state index in [1.807, 2.05) is 6.92 Å². The van der Waals surface area contributed by atoms with E-state index in [1.54, 1.807) is 13.8 Å². The van der Waals surface area contributed by atoms with Crippen molar-refractivity contribution in [3.8, 4) is 11.5 Å². The fourth-order valence-electron chi connectivity index (χ4n) is 2.95. The number of benzene rings is 1. The molecular weight excluding hydrogens is 412 g/mol. The fourth-order valence-corrected chi connectivity index (χ4v) is 4.00. The monoisotopic (exact) mass is 444 g/mol. The average molecular weight is 445 g/mol. The lowest BCUT2D eigenvalue weighted by Gasteiger charge is -2.29. The molecule has 30 heavy (non-hydrogen) atoms. The highest BCUT2D eigenvalue weighted by atomic mass is 32.2. The van der Waals surface area contributed by atoms with Crippen LogP contribution in [0.4, 0.5) is 0 Å². The second-order valence-corrected chi connectivity index (χ2v) is 8.19. The Morgan fingerprint density at radius 2 is 1.77 bits per heavy atom. The predicted molar refractivity (Wildman–Crippen MR) is 112 cm³/mol. The lowest BCUT2D eigenvalue weighted by atomic mass is 10.1. The van der Waals surface area contributed by atoms with Gasteiger partial charge in [-0.25, -0.2) is 17.9 Å². The molecule has 0 aliphatic heterocycles. The fraction of sp³-hybridized carbons (Fsp3) is 0.600. The van der Waals surface area contributed by atoms with E-state index in [1.165, 1.54) is 37.3 Å². The van der Waals surface area contributed by atoms with Crippen molar-refractivity contribution in [2.45, 2.75) is 51.0 Å². The van der Waals surface area contributed by atoms with Crippen molar-refractivity contribution in [2.75, 3.05) is 33.9 Å². The van der Waals surface area contributed by atoms with E-state index in [4.69, 9.17) is 14.2 Å². The zero-order chi connectivity index (χ0) is 22.7. The summed E-state index contributed by atoms with van der Waals surface area (Å²) in [5.74, 6) is -0.0725. The lowest BCUT2D eigenvalue weighted by Crippen LogP contribution is -2.46. The second-order valence-electron chi connectivity index (χ2n) is 6.43. The molecule has 1 N–H and O–H groups in total. The smallest absolute Gasteiger partial charge is 0.328 e. The molecule has 1 atom stereocenters. The summed E-state index contributed by atoms with van der Waals surface area (Å²) < 4.78 is 42.8. The Labute approximate surface area is 178 Å². The van der Waals surface area contributed by atoms with Crippen LogP contribution in [0.3, 0.4) is 0 Å². The Bertz CT molecular complexity index is 811. The van der Waals surface area contributed by atoms with Gasteiger partial charge in [0.2, 0.25) is 15.9 Å². The third kappa shape index (κ3) is 6.88. The zero-order valence-corrected chi connectivity index (χ0v) is 19.1. The van der Waals surface area contributed by atoms with Gasteiger partial charge in [0, 0.05) is 25.6 Å². The summed E-state index contributed by atoms with van der Waals surface area (Å²) in [5, 5.41) is 0. The quantitative estimate of drug-likeness (QED) is 0.463. The normalized spacial score (nSPS) is 12.2. The molecule has 0 saturated carbocycles. The van der Waals surface area contributed by atoms with Crippen molar-refractivity contribution >= 4 is 21.9 Å². The van der Waals surface area contributed by atoms with E-state index in [0.29, 0.717) is 25.1 Å². The van der Waals surface area contributed by atoms with Gasteiger partial charge >= 0.3 is 5.97 Å². The third-order valence-electron chi connectivity index (χ3n) is 4.40. The van der Waals surface area contributed by atoms with Gasteiger partial charge in [0.25, 0.3) is 0 Å². The molecule has 0 aliphatic carbocycles. The first-order chi connectivity index (χ1) is 14.2. The maximum Gasteiger partial charge on any atom is 0.328 e. The van der Waals surface area contributed by atoms with Gasteiger partial charge < -0.3 is 19.1 Å². The number of carbonyl (C=O) groups excluding carboxylic acids is 2. The molecule has 9 nitrogen and oxygen atoms in total. The molecule has 0 unspecified atom stereocenters. The molecule has 1 aromatic rings. The van der Waals surface area contributed by atoms with Crippen LogP contribution in [0.2, 0.25) is 0 Å². The number of carbonyl (C=O) groups is 2. The molecule has 0 saturated heterocycles. The molecule has 0 heterocycles. The minimum absolute atomic E-state index is 0.00373. The number of amides is 1. The number of hydrogen-bond acceptors (Lipinski definition) is 7. The molecule has 1 aromatic carbocycles. The number of sulfonamides is 1. The highest BCUT2D eigenvalue weighted by Crippen LogP contribution is 2.29. The first kappa shape index (κ1) is 25.7. The molecular formula is C20H32N2O7S. The van der Waals surface area contributed by atoms with E-state index in [-0.39, 0.29) is 36.1 Å². The van der Waals surface area contributed by atoms with Gasteiger partial charge in [-0.1, -0.05) is 13.8 Å². The number of rotatable bonds is 13.